The van der Waals surface area contributed by atoms with Gasteiger partial charge in [-0.2, -0.15) is 4.98 Å². The van der Waals surface area contributed by atoms with Gasteiger partial charge in [-0.25, -0.2) is 0 Å². The average Bonchev–Trinajstić information content (AvgIpc) is 3.28. The fraction of sp³-hybridized carbons (Fsp3) is 0.609. The summed E-state index contributed by atoms with van der Waals surface area (Å²) in [7, 11) is 1.63. The summed E-state index contributed by atoms with van der Waals surface area (Å²) < 4.78 is 22.1. The highest BCUT2D eigenvalue weighted by Crippen LogP contribution is 2.25. The minimum atomic E-state index is 0.0750. The first-order valence-corrected chi connectivity index (χ1v) is 11.1. The number of nitrogens with zero attached hydrogens (tertiary/aromatic N) is 3. The second-order valence-electron chi connectivity index (χ2n) is 8.23. The van der Waals surface area contributed by atoms with E-state index in [9.17, 15) is 4.79 Å². The average molecular weight is 430 g/mol. The Morgan fingerprint density at radius 2 is 1.97 bits per heavy atom. The molecule has 0 radical (unpaired) electrons. The van der Waals surface area contributed by atoms with Crippen LogP contribution in [0.4, 0.5) is 0 Å². The summed E-state index contributed by atoms with van der Waals surface area (Å²) >= 11 is 0. The number of benzene rings is 1. The van der Waals surface area contributed by atoms with Gasteiger partial charge in [-0.3, -0.25) is 4.79 Å². The molecule has 3 heterocycles. The van der Waals surface area contributed by atoms with Crippen LogP contribution in [0.3, 0.4) is 0 Å². The fourth-order valence-corrected chi connectivity index (χ4v) is 4.20. The summed E-state index contributed by atoms with van der Waals surface area (Å²) in [6, 6.07) is 5.58. The number of aromatic nitrogens is 2. The summed E-state index contributed by atoms with van der Waals surface area (Å²) in [6.07, 6.45) is 4.33. The van der Waals surface area contributed by atoms with Gasteiger partial charge in [0.15, 0.2) is 5.82 Å². The molecule has 168 valence electrons. The zero-order chi connectivity index (χ0) is 21.6. The lowest BCUT2D eigenvalue weighted by atomic mass is 10.0. The van der Waals surface area contributed by atoms with Crippen molar-refractivity contribution in [2.45, 2.75) is 51.0 Å². The standard InChI is InChI=1S/C23H31N3O5/c1-16-15-19(28-2)3-4-20(16)23(27)26-10-5-18(6-11-26)30-14-9-21-24-22(31-25-21)17-7-12-29-13-8-17/h3-4,15,17-18H,5-14H2,1-2H3. The molecule has 2 fully saturated rings. The van der Waals surface area contributed by atoms with Crippen molar-refractivity contribution in [3.8, 4) is 5.75 Å². The molecule has 0 saturated carbocycles. The summed E-state index contributed by atoms with van der Waals surface area (Å²) in [5.41, 5.74) is 1.67. The number of piperidine rings is 1. The molecule has 31 heavy (non-hydrogen) atoms. The van der Waals surface area contributed by atoms with Crippen molar-refractivity contribution in [2.24, 2.45) is 0 Å². The maximum absolute atomic E-state index is 12.9. The first-order valence-electron chi connectivity index (χ1n) is 11.1. The van der Waals surface area contributed by atoms with Gasteiger partial charge in [0.05, 0.1) is 19.8 Å². The van der Waals surface area contributed by atoms with Crippen LogP contribution in [-0.4, -0.2) is 67.1 Å². The fourth-order valence-electron chi connectivity index (χ4n) is 4.20. The Labute approximate surface area is 182 Å². The van der Waals surface area contributed by atoms with Gasteiger partial charge >= 0.3 is 0 Å². The van der Waals surface area contributed by atoms with Crippen molar-refractivity contribution in [3.05, 3.63) is 41.0 Å². The molecule has 8 heteroatoms. The number of ether oxygens (including phenoxy) is 3. The molecule has 2 aromatic rings. The number of likely N-dealkylation sites (tertiary alicyclic amines) is 1. The number of rotatable bonds is 7. The molecular weight excluding hydrogens is 398 g/mol. The summed E-state index contributed by atoms with van der Waals surface area (Å²) in [5, 5.41) is 4.09. The molecule has 1 amide bonds. The van der Waals surface area contributed by atoms with E-state index < -0.39 is 0 Å². The monoisotopic (exact) mass is 429 g/mol. The number of aryl methyl sites for hydroxylation is 1. The van der Waals surface area contributed by atoms with Gasteiger partial charge in [0.2, 0.25) is 5.89 Å². The third-order valence-electron chi connectivity index (χ3n) is 6.13. The third-order valence-corrected chi connectivity index (χ3v) is 6.13. The van der Waals surface area contributed by atoms with Crippen molar-refractivity contribution in [1.82, 2.24) is 15.0 Å². The highest BCUT2D eigenvalue weighted by molar-refractivity contribution is 5.95. The Kier molecular flexibility index (Phi) is 7.19. The second-order valence-corrected chi connectivity index (χ2v) is 8.23. The minimum absolute atomic E-state index is 0.0750. The zero-order valence-corrected chi connectivity index (χ0v) is 18.3. The van der Waals surface area contributed by atoms with Gasteiger partial charge < -0.3 is 23.6 Å². The van der Waals surface area contributed by atoms with E-state index in [0.29, 0.717) is 37.9 Å². The van der Waals surface area contributed by atoms with Gasteiger partial charge in [-0.15, -0.1) is 0 Å². The number of carbonyl (C=O) groups is 1. The maximum atomic E-state index is 12.9. The van der Waals surface area contributed by atoms with Crippen LogP contribution in [0.15, 0.2) is 22.7 Å². The number of methoxy groups -OCH3 is 1. The lowest BCUT2D eigenvalue weighted by Gasteiger charge is -2.32. The van der Waals surface area contributed by atoms with E-state index >= 15 is 0 Å². The van der Waals surface area contributed by atoms with Gasteiger partial charge in [-0.1, -0.05) is 5.16 Å². The number of carbonyl (C=O) groups excluding carboxylic acids is 1. The Bertz CT molecular complexity index is 870. The molecular formula is C23H31N3O5. The van der Waals surface area contributed by atoms with Crippen molar-refractivity contribution < 1.29 is 23.5 Å². The van der Waals surface area contributed by atoms with Crippen LogP contribution in [0, 0.1) is 6.92 Å². The van der Waals surface area contributed by atoms with Crippen LogP contribution in [0.2, 0.25) is 0 Å². The van der Waals surface area contributed by atoms with Crippen LogP contribution in [0.25, 0.3) is 0 Å². The molecule has 0 spiro atoms. The third kappa shape index (κ3) is 5.43. The molecule has 8 nitrogen and oxygen atoms in total. The van der Waals surface area contributed by atoms with E-state index in [-0.39, 0.29) is 12.0 Å². The second kappa shape index (κ2) is 10.2. The van der Waals surface area contributed by atoms with Gasteiger partial charge in [0.1, 0.15) is 5.75 Å². The minimum Gasteiger partial charge on any atom is -0.497 e. The van der Waals surface area contributed by atoms with E-state index in [4.69, 9.17) is 18.7 Å². The van der Waals surface area contributed by atoms with Crippen molar-refractivity contribution in [2.75, 3.05) is 40.0 Å². The summed E-state index contributed by atoms with van der Waals surface area (Å²) in [4.78, 5) is 19.3. The van der Waals surface area contributed by atoms with Crippen LogP contribution >= 0.6 is 0 Å². The Balaban J connectivity index is 1.20. The maximum Gasteiger partial charge on any atom is 0.254 e. The van der Waals surface area contributed by atoms with E-state index in [1.807, 2.05) is 30.0 Å². The molecule has 1 aromatic heterocycles. The van der Waals surface area contributed by atoms with E-state index in [1.165, 1.54) is 0 Å². The van der Waals surface area contributed by atoms with Gasteiger partial charge in [0, 0.05) is 44.2 Å². The van der Waals surface area contributed by atoms with E-state index in [0.717, 1.165) is 61.7 Å². The Hall–Kier alpha value is -2.45. The zero-order valence-electron chi connectivity index (χ0n) is 18.3. The Morgan fingerprint density at radius 3 is 2.68 bits per heavy atom. The highest BCUT2D eigenvalue weighted by Gasteiger charge is 2.25. The van der Waals surface area contributed by atoms with Crippen molar-refractivity contribution >= 4 is 5.91 Å². The lowest BCUT2D eigenvalue weighted by Crippen LogP contribution is -2.41. The predicted molar refractivity (Wildman–Crippen MR) is 113 cm³/mol. The topological polar surface area (TPSA) is 86.9 Å². The summed E-state index contributed by atoms with van der Waals surface area (Å²) in [5.74, 6) is 2.57. The SMILES string of the molecule is COc1ccc(C(=O)N2CCC(OCCc3noc(C4CCOCC4)n3)CC2)c(C)c1. The number of hydrogen-bond acceptors (Lipinski definition) is 7. The molecule has 0 aliphatic carbocycles. The van der Waals surface area contributed by atoms with Crippen molar-refractivity contribution in [1.29, 1.82) is 0 Å². The molecule has 0 unspecified atom stereocenters. The smallest absolute Gasteiger partial charge is 0.254 e. The van der Waals surface area contributed by atoms with E-state index in [2.05, 4.69) is 10.1 Å². The molecule has 4 rings (SSSR count). The lowest BCUT2D eigenvalue weighted by molar-refractivity contribution is 0.00945. The van der Waals surface area contributed by atoms with E-state index in [1.54, 1.807) is 7.11 Å². The Morgan fingerprint density at radius 1 is 1.19 bits per heavy atom. The van der Waals surface area contributed by atoms with Crippen LogP contribution in [0.1, 0.15) is 59.2 Å². The van der Waals surface area contributed by atoms with Crippen LogP contribution in [-0.2, 0) is 15.9 Å². The van der Waals surface area contributed by atoms with Gasteiger partial charge in [0.25, 0.3) is 5.91 Å². The molecule has 2 aliphatic heterocycles. The van der Waals surface area contributed by atoms with Crippen molar-refractivity contribution in [3.63, 3.8) is 0 Å². The number of hydrogen-bond donors (Lipinski definition) is 0. The molecule has 0 N–H and O–H groups in total. The largest absolute Gasteiger partial charge is 0.497 e. The van der Waals surface area contributed by atoms with Crippen LogP contribution < -0.4 is 4.74 Å². The molecule has 0 atom stereocenters. The molecule has 1 aromatic carbocycles. The van der Waals surface area contributed by atoms with Gasteiger partial charge in [-0.05, 0) is 56.4 Å². The molecule has 2 saturated heterocycles. The molecule has 0 bridgehead atoms. The quantitative estimate of drug-likeness (QED) is 0.668. The highest BCUT2D eigenvalue weighted by atomic mass is 16.5. The summed E-state index contributed by atoms with van der Waals surface area (Å²) in [6.45, 7) is 5.41. The molecule has 2 aliphatic rings. The number of amides is 1. The first kappa shape index (κ1) is 21.8. The predicted octanol–water partition coefficient (Wildman–Crippen LogP) is 3.14. The normalized spacial score (nSPS) is 18.3. The van der Waals surface area contributed by atoms with Crippen LogP contribution in [0.5, 0.6) is 5.75 Å². The first-order chi connectivity index (χ1) is 15.1.